The van der Waals surface area contributed by atoms with Crippen LogP contribution in [0.4, 0.5) is 0 Å². The predicted molar refractivity (Wildman–Crippen MR) is 77.0 cm³/mol. The second kappa shape index (κ2) is 8.77. The van der Waals surface area contributed by atoms with Gasteiger partial charge in [-0.25, -0.2) is 0 Å². The number of nitrogens with one attached hydrogen (secondary N) is 1. The van der Waals surface area contributed by atoms with Gasteiger partial charge in [-0.3, -0.25) is 0 Å². The van der Waals surface area contributed by atoms with Crippen LogP contribution in [0.3, 0.4) is 0 Å². The minimum Gasteiger partial charge on any atom is -0.493 e. The number of aryl methyl sites for hydroxylation is 1. The third-order valence-corrected chi connectivity index (χ3v) is 3.05. The Morgan fingerprint density at radius 3 is 2.63 bits per heavy atom. The molecule has 4 nitrogen and oxygen atoms in total. The normalized spacial score (nSPS) is 12.2. The molecule has 1 unspecified atom stereocenters. The third-order valence-electron chi connectivity index (χ3n) is 3.05. The number of ether oxygens (including phenoxy) is 2. The summed E-state index contributed by atoms with van der Waals surface area (Å²) < 4.78 is 11.1. The van der Waals surface area contributed by atoms with E-state index in [9.17, 15) is 0 Å². The molecule has 0 aliphatic rings. The molecule has 1 aromatic rings. The van der Waals surface area contributed by atoms with E-state index in [-0.39, 0.29) is 12.6 Å². The van der Waals surface area contributed by atoms with Crippen molar-refractivity contribution in [3.05, 3.63) is 23.8 Å². The SMILES string of the molecule is CCNC(CCO)COc1ccc(CC)cc1OC. The summed E-state index contributed by atoms with van der Waals surface area (Å²) >= 11 is 0. The highest BCUT2D eigenvalue weighted by molar-refractivity contribution is 5.42. The Balaban J connectivity index is 2.64. The standard InChI is InChI=1S/C15H25NO3/c1-4-12-6-7-14(15(10-12)18-3)19-11-13(8-9-17)16-5-2/h6-7,10,13,16-17H,4-5,8-9,11H2,1-3H3. The lowest BCUT2D eigenvalue weighted by Gasteiger charge is -2.19. The first-order valence-electron chi connectivity index (χ1n) is 6.89. The molecular formula is C15H25NO3. The van der Waals surface area contributed by atoms with Crippen molar-refractivity contribution in [3.8, 4) is 11.5 Å². The molecule has 19 heavy (non-hydrogen) atoms. The first kappa shape index (κ1) is 15.8. The summed E-state index contributed by atoms with van der Waals surface area (Å²) in [5.41, 5.74) is 1.22. The molecule has 108 valence electrons. The van der Waals surface area contributed by atoms with Gasteiger partial charge in [-0.15, -0.1) is 0 Å². The lowest BCUT2D eigenvalue weighted by atomic mass is 10.1. The van der Waals surface area contributed by atoms with Crippen molar-refractivity contribution in [1.29, 1.82) is 0 Å². The highest BCUT2D eigenvalue weighted by Gasteiger charge is 2.10. The smallest absolute Gasteiger partial charge is 0.161 e. The Labute approximate surface area is 115 Å². The zero-order chi connectivity index (χ0) is 14.1. The monoisotopic (exact) mass is 267 g/mol. The molecule has 2 N–H and O–H groups in total. The Morgan fingerprint density at radius 1 is 1.26 bits per heavy atom. The second-order valence-electron chi connectivity index (χ2n) is 4.42. The number of aliphatic hydroxyl groups excluding tert-OH is 1. The van der Waals surface area contributed by atoms with Crippen LogP contribution in [0, 0.1) is 0 Å². The number of rotatable bonds is 9. The van der Waals surface area contributed by atoms with Crippen LogP contribution in [0.25, 0.3) is 0 Å². The molecule has 0 aromatic heterocycles. The molecule has 0 heterocycles. The van der Waals surface area contributed by atoms with Crippen LogP contribution in [0.1, 0.15) is 25.8 Å². The maximum atomic E-state index is 9.01. The maximum absolute atomic E-state index is 9.01. The van der Waals surface area contributed by atoms with Crippen LogP contribution in [-0.4, -0.2) is 38.0 Å². The zero-order valence-electron chi connectivity index (χ0n) is 12.1. The fourth-order valence-corrected chi connectivity index (χ4v) is 1.93. The Kier molecular flexibility index (Phi) is 7.30. The van der Waals surface area contributed by atoms with Crippen molar-refractivity contribution in [1.82, 2.24) is 5.32 Å². The van der Waals surface area contributed by atoms with Crippen molar-refractivity contribution in [2.45, 2.75) is 32.7 Å². The van der Waals surface area contributed by atoms with Gasteiger partial charge in [-0.1, -0.05) is 19.9 Å². The van der Waals surface area contributed by atoms with E-state index in [1.54, 1.807) is 7.11 Å². The van der Waals surface area contributed by atoms with Crippen LogP contribution < -0.4 is 14.8 Å². The van der Waals surface area contributed by atoms with Crippen LogP contribution in [0.15, 0.2) is 18.2 Å². The van der Waals surface area contributed by atoms with E-state index in [4.69, 9.17) is 14.6 Å². The van der Waals surface area contributed by atoms with Gasteiger partial charge in [0.15, 0.2) is 11.5 Å². The van der Waals surface area contributed by atoms with Crippen molar-refractivity contribution >= 4 is 0 Å². The minimum atomic E-state index is 0.158. The number of benzene rings is 1. The number of hydrogen-bond acceptors (Lipinski definition) is 4. The highest BCUT2D eigenvalue weighted by atomic mass is 16.5. The van der Waals surface area contributed by atoms with Gasteiger partial charge >= 0.3 is 0 Å². The van der Waals surface area contributed by atoms with Crippen LogP contribution >= 0.6 is 0 Å². The molecule has 0 saturated heterocycles. The molecule has 1 aromatic carbocycles. The Morgan fingerprint density at radius 2 is 2.05 bits per heavy atom. The van der Waals surface area contributed by atoms with E-state index < -0.39 is 0 Å². The van der Waals surface area contributed by atoms with Gasteiger partial charge in [0.05, 0.1) is 7.11 Å². The van der Waals surface area contributed by atoms with E-state index in [1.807, 2.05) is 25.1 Å². The average molecular weight is 267 g/mol. The van der Waals surface area contributed by atoms with Crippen molar-refractivity contribution in [3.63, 3.8) is 0 Å². The van der Waals surface area contributed by atoms with Gasteiger partial charge in [0.25, 0.3) is 0 Å². The summed E-state index contributed by atoms with van der Waals surface area (Å²) in [7, 11) is 1.65. The highest BCUT2D eigenvalue weighted by Crippen LogP contribution is 2.28. The molecular weight excluding hydrogens is 242 g/mol. The van der Waals surface area contributed by atoms with E-state index in [0.29, 0.717) is 13.0 Å². The van der Waals surface area contributed by atoms with Crippen LogP contribution in [0.2, 0.25) is 0 Å². The molecule has 0 spiro atoms. The average Bonchev–Trinajstić information content (AvgIpc) is 2.45. The second-order valence-corrected chi connectivity index (χ2v) is 4.42. The lowest BCUT2D eigenvalue weighted by molar-refractivity contribution is 0.210. The van der Waals surface area contributed by atoms with Gasteiger partial charge in [-0.2, -0.15) is 0 Å². The van der Waals surface area contributed by atoms with Crippen LogP contribution in [-0.2, 0) is 6.42 Å². The summed E-state index contributed by atoms with van der Waals surface area (Å²) in [5, 5.41) is 12.3. The molecule has 0 bridgehead atoms. The van der Waals surface area contributed by atoms with E-state index >= 15 is 0 Å². The topological polar surface area (TPSA) is 50.7 Å². The molecule has 4 heteroatoms. The Bertz CT molecular complexity index is 362. The van der Waals surface area contributed by atoms with Crippen molar-refractivity contribution in [2.24, 2.45) is 0 Å². The van der Waals surface area contributed by atoms with Gasteiger partial charge in [-0.05, 0) is 37.1 Å². The molecule has 0 radical (unpaired) electrons. The number of hydrogen-bond donors (Lipinski definition) is 2. The summed E-state index contributed by atoms with van der Waals surface area (Å²) in [5.74, 6) is 1.51. The molecule has 0 fully saturated rings. The van der Waals surface area contributed by atoms with Gasteiger partial charge in [0, 0.05) is 12.6 Å². The molecule has 1 atom stereocenters. The number of likely N-dealkylation sites (N-methyl/N-ethyl adjacent to an activating group) is 1. The largest absolute Gasteiger partial charge is 0.493 e. The van der Waals surface area contributed by atoms with E-state index in [1.165, 1.54) is 5.56 Å². The van der Waals surface area contributed by atoms with E-state index in [0.717, 1.165) is 24.5 Å². The summed E-state index contributed by atoms with van der Waals surface area (Å²) in [6.45, 7) is 5.70. The summed E-state index contributed by atoms with van der Waals surface area (Å²) in [6.07, 6.45) is 1.66. The lowest BCUT2D eigenvalue weighted by Crippen LogP contribution is -2.35. The number of methoxy groups -OCH3 is 1. The molecule has 0 aliphatic heterocycles. The molecule has 1 rings (SSSR count). The Hall–Kier alpha value is -1.26. The summed E-state index contributed by atoms with van der Waals surface area (Å²) in [6, 6.07) is 6.15. The molecule has 0 aliphatic carbocycles. The van der Waals surface area contributed by atoms with Crippen molar-refractivity contribution < 1.29 is 14.6 Å². The maximum Gasteiger partial charge on any atom is 0.161 e. The van der Waals surface area contributed by atoms with Crippen LogP contribution in [0.5, 0.6) is 11.5 Å². The van der Waals surface area contributed by atoms with Crippen molar-refractivity contribution in [2.75, 3.05) is 26.9 Å². The molecule has 0 saturated carbocycles. The minimum absolute atomic E-state index is 0.158. The number of aliphatic hydroxyl groups is 1. The zero-order valence-corrected chi connectivity index (χ0v) is 12.1. The van der Waals surface area contributed by atoms with E-state index in [2.05, 4.69) is 12.2 Å². The summed E-state index contributed by atoms with van der Waals surface area (Å²) in [4.78, 5) is 0. The van der Waals surface area contributed by atoms with Gasteiger partial charge in [0.1, 0.15) is 6.61 Å². The quantitative estimate of drug-likeness (QED) is 0.718. The fourth-order valence-electron chi connectivity index (χ4n) is 1.93. The first-order valence-corrected chi connectivity index (χ1v) is 6.89. The predicted octanol–water partition coefficient (Wildman–Crippen LogP) is 2.00. The third kappa shape index (κ3) is 5.09. The van der Waals surface area contributed by atoms with Gasteiger partial charge < -0.3 is 19.9 Å². The van der Waals surface area contributed by atoms with Gasteiger partial charge in [0.2, 0.25) is 0 Å². The first-order chi connectivity index (χ1) is 9.24. The molecule has 0 amide bonds. The fraction of sp³-hybridized carbons (Fsp3) is 0.600.